The molecular formula is C32H64N2. The van der Waals surface area contributed by atoms with Crippen molar-refractivity contribution in [3.63, 3.8) is 0 Å². The van der Waals surface area contributed by atoms with Gasteiger partial charge in [-0.3, -0.25) is 0 Å². The first-order chi connectivity index (χ1) is 16.8. The lowest BCUT2D eigenvalue weighted by Crippen LogP contribution is -2.38. The third-order valence-electron chi connectivity index (χ3n) is 7.92. The maximum atomic E-state index is 2.65. The molecule has 0 aromatic rings. The fraction of sp³-hybridized carbons (Fsp3) is 0.938. The van der Waals surface area contributed by atoms with Crippen LogP contribution in [0.3, 0.4) is 0 Å². The van der Waals surface area contributed by atoms with Crippen molar-refractivity contribution in [3.05, 3.63) is 12.4 Å². The van der Waals surface area contributed by atoms with E-state index in [-0.39, 0.29) is 0 Å². The molecule has 202 valence electrons. The molecule has 0 spiro atoms. The van der Waals surface area contributed by atoms with Crippen LogP contribution in [-0.4, -0.2) is 29.1 Å². The molecule has 0 saturated carbocycles. The van der Waals surface area contributed by atoms with Crippen LogP contribution >= 0.6 is 0 Å². The molecule has 0 N–H and O–H groups in total. The van der Waals surface area contributed by atoms with Crippen molar-refractivity contribution in [2.75, 3.05) is 13.1 Å². The summed E-state index contributed by atoms with van der Waals surface area (Å²) in [5.74, 6) is 0. The van der Waals surface area contributed by atoms with Gasteiger partial charge < -0.3 is 9.80 Å². The number of unbranched alkanes of at least 4 members (excludes halogenated alkanes) is 21. The Labute approximate surface area is 216 Å². The Kier molecular flexibility index (Phi) is 22.2. The summed E-state index contributed by atoms with van der Waals surface area (Å²) < 4.78 is 0. The van der Waals surface area contributed by atoms with Gasteiger partial charge in [0.15, 0.2) is 0 Å². The van der Waals surface area contributed by atoms with E-state index in [1.807, 2.05) is 0 Å². The molecule has 34 heavy (non-hydrogen) atoms. The average Bonchev–Trinajstić information content (AvgIpc) is 3.24. The molecule has 2 heteroatoms. The highest BCUT2D eigenvalue weighted by Crippen LogP contribution is 2.23. The highest BCUT2D eigenvalue weighted by molar-refractivity contribution is 4.96. The van der Waals surface area contributed by atoms with E-state index in [0.29, 0.717) is 6.17 Å². The fourth-order valence-electron chi connectivity index (χ4n) is 5.56. The van der Waals surface area contributed by atoms with Gasteiger partial charge in [0.25, 0.3) is 0 Å². The van der Waals surface area contributed by atoms with Crippen molar-refractivity contribution in [2.24, 2.45) is 0 Å². The predicted molar refractivity (Wildman–Crippen MR) is 154 cm³/mol. The lowest BCUT2D eigenvalue weighted by atomic mass is 10.0. The minimum absolute atomic E-state index is 0.635. The number of rotatable bonds is 26. The molecule has 1 heterocycles. The molecule has 0 saturated heterocycles. The summed E-state index contributed by atoms with van der Waals surface area (Å²) in [7, 11) is 0. The highest BCUT2D eigenvalue weighted by atomic mass is 15.4. The molecule has 1 unspecified atom stereocenters. The Hall–Kier alpha value is -0.660. The largest absolute Gasteiger partial charge is 0.356 e. The Bertz CT molecular complexity index is 433. The second-order valence-corrected chi connectivity index (χ2v) is 11.1. The van der Waals surface area contributed by atoms with Crippen LogP contribution in [-0.2, 0) is 0 Å². The normalized spacial score (nSPS) is 15.7. The average molecular weight is 477 g/mol. The van der Waals surface area contributed by atoms with E-state index in [4.69, 9.17) is 0 Å². The molecule has 0 fully saturated rings. The van der Waals surface area contributed by atoms with Crippen molar-refractivity contribution in [2.45, 2.75) is 181 Å². The Morgan fingerprint density at radius 1 is 0.412 bits per heavy atom. The minimum atomic E-state index is 0.635. The van der Waals surface area contributed by atoms with E-state index in [1.54, 1.807) is 0 Å². The number of nitrogens with zero attached hydrogens (tertiary/aromatic N) is 2. The first-order valence-electron chi connectivity index (χ1n) is 16.0. The third kappa shape index (κ3) is 16.9. The topological polar surface area (TPSA) is 6.48 Å². The zero-order chi connectivity index (χ0) is 24.5. The Morgan fingerprint density at radius 2 is 0.765 bits per heavy atom. The summed E-state index contributed by atoms with van der Waals surface area (Å²) in [5.41, 5.74) is 0. The molecule has 1 aliphatic rings. The first-order valence-corrected chi connectivity index (χ1v) is 16.0. The zero-order valence-electron chi connectivity index (χ0n) is 24.0. The van der Waals surface area contributed by atoms with Crippen molar-refractivity contribution in [3.8, 4) is 0 Å². The lowest BCUT2D eigenvalue weighted by molar-refractivity contribution is 0.142. The van der Waals surface area contributed by atoms with Crippen LogP contribution in [0.1, 0.15) is 175 Å². The molecule has 0 aromatic carbocycles. The van der Waals surface area contributed by atoms with E-state index >= 15 is 0 Å². The number of hydrogen-bond donors (Lipinski definition) is 0. The molecule has 0 aliphatic carbocycles. The molecule has 1 atom stereocenters. The highest BCUT2D eigenvalue weighted by Gasteiger charge is 2.23. The SMILES string of the molecule is CCCCCCCCCCCCCCC1N(CC)C=CN1CCCCCCCCCCCCC. The number of hydrogen-bond acceptors (Lipinski definition) is 2. The third-order valence-corrected chi connectivity index (χ3v) is 7.92. The van der Waals surface area contributed by atoms with Gasteiger partial charge in [-0.2, -0.15) is 0 Å². The molecule has 1 aliphatic heterocycles. The second-order valence-electron chi connectivity index (χ2n) is 11.1. The summed E-state index contributed by atoms with van der Waals surface area (Å²) in [4.78, 5) is 5.22. The molecule has 2 nitrogen and oxygen atoms in total. The van der Waals surface area contributed by atoms with Crippen LogP contribution < -0.4 is 0 Å². The van der Waals surface area contributed by atoms with Gasteiger partial charge >= 0.3 is 0 Å². The molecule has 0 bridgehead atoms. The maximum absolute atomic E-state index is 2.65. The second kappa shape index (κ2) is 24.1. The van der Waals surface area contributed by atoms with Gasteiger partial charge in [0.2, 0.25) is 0 Å². The van der Waals surface area contributed by atoms with Gasteiger partial charge in [-0.25, -0.2) is 0 Å². The van der Waals surface area contributed by atoms with Crippen molar-refractivity contribution in [1.29, 1.82) is 0 Å². The standard InChI is InChI=1S/C32H64N2/c1-4-7-9-11-13-15-17-18-20-22-24-26-28-32-33(6-3)30-31-34(32)29-27-25-23-21-19-16-14-12-10-8-5-2/h30-32H,4-29H2,1-3H3. The summed E-state index contributed by atoms with van der Waals surface area (Å²) in [5, 5.41) is 0. The molecule has 1 rings (SSSR count). The fourth-order valence-corrected chi connectivity index (χ4v) is 5.56. The van der Waals surface area contributed by atoms with Gasteiger partial charge in [0.1, 0.15) is 6.17 Å². The van der Waals surface area contributed by atoms with Crippen LogP contribution in [0.4, 0.5) is 0 Å². The Balaban J connectivity index is 1.99. The maximum Gasteiger partial charge on any atom is 0.101 e. The molecule has 0 radical (unpaired) electrons. The van der Waals surface area contributed by atoms with Crippen LogP contribution in [0, 0.1) is 0 Å². The van der Waals surface area contributed by atoms with Gasteiger partial charge in [0, 0.05) is 25.5 Å². The molecular weight excluding hydrogens is 412 g/mol. The van der Waals surface area contributed by atoms with Crippen LogP contribution in [0.15, 0.2) is 12.4 Å². The van der Waals surface area contributed by atoms with Crippen LogP contribution in [0.25, 0.3) is 0 Å². The van der Waals surface area contributed by atoms with E-state index in [9.17, 15) is 0 Å². The summed E-state index contributed by atoms with van der Waals surface area (Å²) in [6.45, 7) is 9.33. The van der Waals surface area contributed by atoms with Crippen LogP contribution in [0.2, 0.25) is 0 Å². The van der Waals surface area contributed by atoms with Gasteiger partial charge in [-0.05, 0) is 26.2 Å². The van der Waals surface area contributed by atoms with Crippen LogP contribution in [0.5, 0.6) is 0 Å². The van der Waals surface area contributed by atoms with E-state index < -0.39 is 0 Å². The van der Waals surface area contributed by atoms with Crippen molar-refractivity contribution < 1.29 is 0 Å². The predicted octanol–water partition coefficient (Wildman–Crippen LogP) is 10.8. The summed E-state index contributed by atoms with van der Waals surface area (Å²) in [6, 6.07) is 0. The van der Waals surface area contributed by atoms with Gasteiger partial charge in [-0.1, -0.05) is 149 Å². The first kappa shape index (κ1) is 31.4. The van der Waals surface area contributed by atoms with E-state index in [2.05, 4.69) is 43.0 Å². The van der Waals surface area contributed by atoms with E-state index in [1.165, 1.54) is 161 Å². The van der Waals surface area contributed by atoms with Gasteiger partial charge in [0.05, 0.1) is 0 Å². The zero-order valence-corrected chi connectivity index (χ0v) is 24.0. The summed E-state index contributed by atoms with van der Waals surface area (Å²) >= 11 is 0. The monoisotopic (exact) mass is 477 g/mol. The molecule has 0 amide bonds. The van der Waals surface area contributed by atoms with E-state index in [0.717, 1.165) is 6.54 Å². The minimum Gasteiger partial charge on any atom is -0.356 e. The summed E-state index contributed by atoms with van der Waals surface area (Å²) in [6.07, 6.45) is 39.8. The molecule has 0 aromatic heterocycles. The smallest absolute Gasteiger partial charge is 0.101 e. The Morgan fingerprint density at radius 3 is 1.18 bits per heavy atom. The lowest BCUT2D eigenvalue weighted by Gasteiger charge is -2.32. The van der Waals surface area contributed by atoms with Crippen molar-refractivity contribution in [1.82, 2.24) is 9.80 Å². The van der Waals surface area contributed by atoms with Gasteiger partial charge in [-0.15, -0.1) is 0 Å². The van der Waals surface area contributed by atoms with Crippen molar-refractivity contribution >= 4 is 0 Å². The quantitative estimate of drug-likeness (QED) is 0.114.